The molecule has 0 amide bonds. The summed E-state index contributed by atoms with van der Waals surface area (Å²) in [5.41, 5.74) is 5.44. The molecule has 1 atom stereocenters. The van der Waals surface area contributed by atoms with Gasteiger partial charge in [-0.05, 0) is 37.3 Å². The zero-order valence-electron chi connectivity index (χ0n) is 12.6. The molecule has 2 N–H and O–H groups in total. The lowest BCUT2D eigenvalue weighted by atomic mass is 10.1. The predicted molar refractivity (Wildman–Crippen MR) is 84.6 cm³/mol. The molecule has 1 unspecified atom stereocenters. The molecule has 0 aliphatic heterocycles. The Balaban J connectivity index is 2.47. The fourth-order valence-electron chi connectivity index (χ4n) is 2.53. The van der Waals surface area contributed by atoms with Gasteiger partial charge in [-0.3, -0.25) is 9.36 Å². The summed E-state index contributed by atoms with van der Waals surface area (Å²) in [6.45, 7) is 1.61. The van der Waals surface area contributed by atoms with Crippen molar-refractivity contribution < 1.29 is 8.78 Å². The first-order valence-corrected chi connectivity index (χ1v) is 7.10. The van der Waals surface area contributed by atoms with Gasteiger partial charge in [0.2, 0.25) is 0 Å². The van der Waals surface area contributed by atoms with E-state index in [4.69, 9.17) is 11.0 Å². The largest absolute Gasteiger partial charge is 0.322 e. The van der Waals surface area contributed by atoms with Crippen LogP contribution < -0.4 is 11.3 Å². The van der Waals surface area contributed by atoms with Crippen LogP contribution in [0.1, 0.15) is 24.4 Å². The highest BCUT2D eigenvalue weighted by atomic mass is 19.1. The van der Waals surface area contributed by atoms with E-state index in [2.05, 4.69) is 4.98 Å². The van der Waals surface area contributed by atoms with E-state index < -0.39 is 23.2 Å². The van der Waals surface area contributed by atoms with Gasteiger partial charge in [0, 0.05) is 0 Å². The smallest absolute Gasteiger partial charge is 0.269 e. The van der Waals surface area contributed by atoms with Gasteiger partial charge in [-0.15, -0.1) is 0 Å². The van der Waals surface area contributed by atoms with E-state index in [1.165, 1.54) is 18.2 Å². The molecular formula is C17H12F2N4O. The number of hydrogen-bond acceptors (Lipinski definition) is 4. The minimum absolute atomic E-state index is 0.0288. The van der Waals surface area contributed by atoms with Crippen molar-refractivity contribution in [3.8, 4) is 11.8 Å². The second kappa shape index (κ2) is 5.83. The zero-order chi connectivity index (χ0) is 17.4. The molecule has 0 aliphatic rings. The third-order valence-electron chi connectivity index (χ3n) is 3.55. The summed E-state index contributed by atoms with van der Waals surface area (Å²) in [5, 5.41) is 8.77. The fraction of sp³-hybridized carbons (Fsp3) is 0.118. The van der Waals surface area contributed by atoms with Crippen LogP contribution in [0.2, 0.25) is 0 Å². The Kier molecular flexibility index (Phi) is 3.83. The van der Waals surface area contributed by atoms with E-state index >= 15 is 0 Å². The highest BCUT2D eigenvalue weighted by Gasteiger charge is 2.18. The Hall–Kier alpha value is -3.11. The maximum Gasteiger partial charge on any atom is 0.269 e. The van der Waals surface area contributed by atoms with Gasteiger partial charge in [0.05, 0.1) is 28.9 Å². The van der Waals surface area contributed by atoms with Crippen LogP contribution >= 0.6 is 0 Å². The summed E-state index contributed by atoms with van der Waals surface area (Å²) in [6, 6.07) is 8.67. The van der Waals surface area contributed by atoms with Crippen LogP contribution in [0.4, 0.5) is 8.78 Å². The molecule has 7 heteroatoms. The molecule has 3 rings (SSSR count). The van der Waals surface area contributed by atoms with Crippen molar-refractivity contribution >= 4 is 10.9 Å². The Morgan fingerprint density at radius 3 is 2.71 bits per heavy atom. The maximum atomic E-state index is 14.1. The first-order chi connectivity index (χ1) is 11.4. The standard InChI is InChI=1S/C17H12F2N4O/c1-9(21)16-22-14-4-2-3-13(19)15(14)17(24)23(16)12-6-10(8-20)5-11(18)7-12/h2-7,9H,21H2,1H3. The van der Waals surface area contributed by atoms with Gasteiger partial charge in [-0.2, -0.15) is 5.26 Å². The Morgan fingerprint density at radius 2 is 2.04 bits per heavy atom. The lowest BCUT2D eigenvalue weighted by Gasteiger charge is -2.16. The molecule has 1 aromatic heterocycles. The van der Waals surface area contributed by atoms with Crippen LogP contribution in [0.5, 0.6) is 0 Å². The average molecular weight is 326 g/mol. The van der Waals surface area contributed by atoms with Crippen molar-refractivity contribution in [2.24, 2.45) is 5.73 Å². The molecule has 2 aromatic carbocycles. The number of halogens is 2. The van der Waals surface area contributed by atoms with E-state index in [9.17, 15) is 13.6 Å². The molecule has 3 aromatic rings. The molecule has 5 nitrogen and oxygen atoms in total. The molecular weight excluding hydrogens is 314 g/mol. The molecule has 0 bridgehead atoms. The number of fused-ring (bicyclic) bond motifs is 1. The van der Waals surface area contributed by atoms with Crippen LogP contribution in [0.15, 0.2) is 41.2 Å². The quantitative estimate of drug-likeness (QED) is 0.784. The predicted octanol–water partition coefficient (Wildman–Crippen LogP) is 2.56. The van der Waals surface area contributed by atoms with Crippen molar-refractivity contribution in [1.29, 1.82) is 5.26 Å². The molecule has 0 radical (unpaired) electrons. The highest BCUT2D eigenvalue weighted by Crippen LogP contribution is 2.20. The van der Waals surface area contributed by atoms with Crippen LogP contribution in [0, 0.1) is 23.0 Å². The van der Waals surface area contributed by atoms with Crippen molar-refractivity contribution in [2.45, 2.75) is 13.0 Å². The zero-order valence-corrected chi connectivity index (χ0v) is 12.6. The molecule has 0 saturated carbocycles. The van der Waals surface area contributed by atoms with Crippen LogP contribution in [-0.2, 0) is 0 Å². The van der Waals surface area contributed by atoms with E-state index in [-0.39, 0.29) is 28.0 Å². The number of nitrogens with zero attached hydrogens (tertiary/aromatic N) is 3. The van der Waals surface area contributed by atoms with Gasteiger partial charge < -0.3 is 5.73 Å². The number of nitrogens with two attached hydrogens (primary N) is 1. The van der Waals surface area contributed by atoms with Crippen molar-refractivity contribution in [3.05, 3.63) is 69.8 Å². The minimum atomic E-state index is -0.730. The van der Waals surface area contributed by atoms with Gasteiger partial charge >= 0.3 is 0 Å². The molecule has 0 spiro atoms. The normalized spacial score (nSPS) is 12.1. The van der Waals surface area contributed by atoms with Gasteiger partial charge in [0.15, 0.2) is 0 Å². The molecule has 0 saturated heterocycles. The van der Waals surface area contributed by atoms with E-state index in [0.717, 1.165) is 22.8 Å². The summed E-state index contributed by atoms with van der Waals surface area (Å²) >= 11 is 0. The first-order valence-electron chi connectivity index (χ1n) is 7.10. The number of hydrogen-bond donors (Lipinski definition) is 1. The van der Waals surface area contributed by atoms with Crippen molar-refractivity contribution in [2.75, 3.05) is 0 Å². The Morgan fingerprint density at radius 1 is 1.29 bits per heavy atom. The average Bonchev–Trinajstić information content (AvgIpc) is 2.53. The summed E-state index contributed by atoms with van der Waals surface area (Å²) in [4.78, 5) is 17.1. The van der Waals surface area contributed by atoms with Gasteiger partial charge in [-0.1, -0.05) is 6.07 Å². The topological polar surface area (TPSA) is 84.7 Å². The SMILES string of the molecule is CC(N)c1nc2cccc(F)c2c(=O)n1-c1cc(F)cc(C#N)c1. The fourth-order valence-corrected chi connectivity index (χ4v) is 2.53. The first kappa shape index (κ1) is 15.8. The van der Waals surface area contributed by atoms with E-state index in [1.807, 2.05) is 6.07 Å². The van der Waals surface area contributed by atoms with Crippen molar-refractivity contribution in [1.82, 2.24) is 9.55 Å². The number of aromatic nitrogens is 2. The van der Waals surface area contributed by atoms with Gasteiger partial charge in [0.25, 0.3) is 5.56 Å². The summed E-state index contributed by atoms with van der Waals surface area (Å²) < 4.78 is 28.9. The third kappa shape index (κ3) is 2.53. The maximum absolute atomic E-state index is 14.1. The highest BCUT2D eigenvalue weighted by molar-refractivity contribution is 5.78. The lowest BCUT2D eigenvalue weighted by Crippen LogP contribution is -2.28. The number of nitriles is 1. The second-order valence-electron chi connectivity index (χ2n) is 5.34. The molecule has 120 valence electrons. The Bertz CT molecular complexity index is 1050. The lowest BCUT2D eigenvalue weighted by molar-refractivity contribution is 0.621. The van der Waals surface area contributed by atoms with Crippen LogP contribution in [0.25, 0.3) is 16.6 Å². The molecule has 1 heterocycles. The van der Waals surface area contributed by atoms with E-state index in [0.29, 0.717) is 0 Å². The van der Waals surface area contributed by atoms with E-state index in [1.54, 1.807) is 6.92 Å². The molecule has 0 fully saturated rings. The van der Waals surface area contributed by atoms with Crippen molar-refractivity contribution in [3.63, 3.8) is 0 Å². The van der Waals surface area contributed by atoms with Gasteiger partial charge in [0.1, 0.15) is 22.8 Å². The Labute approximate surface area is 135 Å². The monoisotopic (exact) mass is 326 g/mol. The summed E-state index contributed by atoms with van der Waals surface area (Å²) in [7, 11) is 0. The molecule has 24 heavy (non-hydrogen) atoms. The minimum Gasteiger partial charge on any atom is -0.322 e. The number of benzene rings is 2. The number of rotatable bonds is 2. The third-order valence-corrected chi connectivity index (χ3v) is 3.55. The molecule has 0 aliphatic carbocycles. The van der Waals surface area contributed by atoms with Crippen LogP contribution in [-0.4, -0.2) is 9.55 Å². The summed E-state index contributed by atoms with van der Waals surface area (Å²) in [5.74, 6) is -1.28. The van der Waals surface area contributed by atoms with Crippen LogP contribution in [0.3, 0.4) is 0 Å². The second-order valence-corrected chi connectivity index (χ2v) is 5.34. The summed E-state index contributed by atoms with van der Waals surface area (Å²) in [6.07, 6.45) is 0. The van der Waals surface area contributed by atoms with Gasteiger partial charge in [-0.25, -0.2) is 13.8 Å².